The molecule has 0 aliphatic heterocycles. The van der Waals surface area contributed by atoms with Crippen molar-refractivity contribution in [3.8, 4) is 11.3 Å². The van der Waals surface area contributed by atoms with Crippen LogP contribution in [-0.2, 0) is 26.2 Å². The van der Waals surface area contributed by atoms with E-state index in [1.807, 2.05) is 24.3 Å². The number of halogens is 2. The van der Waals surface area contributed by atoms with Crippen molar-refractivity contribution in [1.82, 2.24) is 0 Å². The van der Waals surface area contributed by atoms with Crippen LogP contribution in [0.15, 0.2) is 59.2 Å². The van der Waals surface area contributed by atoms with Gasteiger partial charge in [-0.2, -0.15) is 0 Å². The van der Waals surface area contributed by atoms with E-state index in [4.69, 9.17) is 4.42 Å². The zero-order valence-corrected chi connectivity index (χ0v) is 12.8. The first-order valence-corrected chi connectivity index (χ1v) is 4.63. The molecule has 3 rings (SSSR count). The van der Waals surface area contributed by atoms with Gasteiger partial charge in [-0.05, 0) is 6.07 Å². The molecule has 0 spiro atoms. The van der Waals surface area contributed by atoms with Crippen molar-refractivity contribution in [2.24, 2.45) is 0 Å². The molecule has 4 heteroatoms. The standard InChI is InChI=1S/C13H9O.2ClH.Zr/c1-2-5-11-9-12(8-10(11)4-1)13-6-3-7-14-13;;;/h1-9H;2*1H;/q-1;;;+3/p-2. The van der Waals surface area contributed by atoms with Crippen molar-refractivity contribution in [2.75, 3.05) is 0 Å². The molecular weight excluding hydrogens is 334 g/mol. The molecule has 0 aliphatic carbocycles. The van der Waals surface area contributed by atoms with Crippen LogP contribution in [0.4, 0.5) is 0 Å². The molecule has 1 radical (unpaired) electrons. The molecule has 0 saturated heterocycles. The Labute approximate surface area is 132 Å². The van der Waals surface area contributed by atoms with Gasteiger partial charge < -0.3 is 29.2 Å². The van der Waals surface area contributed by atoms with Gasteiger partial charge in [0.25, 0.3) is 0 Å². The summed E-state index contributed by atoms with van der Waals surface area (Å²) in [4.78, 5) is 0. The fraction of sp³-hybridized carbons (Fsp3) is 0. The molecule has 0 aliphatic rings. The molecule has 2 aromatic carbocycles. The Morgan fingerprint density at radius 3 is 2.35 bits per heavy atom. The first-order valence-electron chi connectivity index (χ1n) is 4.63. The van der Waals surface area contributed by atoms with Gasteiger partial charge in [0, 0.05) is 0 Å². The van der Waals surface area contributed by atoms with E-state index < -0.39 is 0 Å². The van der Waals surface area contributed by atoms with Crippen LogP contribution in [0.2, 0.25) is 0 Å². The Balaban J connectivity index is 0.000000853. The molecular formula is C13H9Cl2OZr. The van der Waals surface area contributed by atoms with Gasteiger partial charge in [-0.1, -0.05) is 29.8 Å². The van der Waals surface area contributed by atoms with Crippen molar-refractivity contribution >= 4 is 10.8 Å². The van der Waals surface area contributed by atoms with E-state index in [-0.39, 0.29) is 51.0 Å². The van der Waals surface area contributed by atoms with Crippen LogP contribution in [0, 0.1) is 0 Å². The third-order valence-corrected chi connectivity index (χ3v) is 2.42. The van der Waals surface area contributed by atoms with Gasteiger partial charge in [-0.15, -0.1) is 29.0 Å². The second-order valence-electron chi connectivity index (χ2n) is 3.35. The number of furan rings is 1. The molecule has 1 heterocycles. The van der Waals surface area contributed by atoms with Crippen molar-refractivity contribution < 1.29 is 55.4 Å². The van der Waals surface area contributed by atoms with Crippen LogP contribution in [0.25, 0.3) is 22.1 Å². The predicted molar refractivity (Wildman–Crippen MR) is 57.2 cm³/mol. The topological polar surface area (TPSA) is 13.1 Å². The molecule has 1 nitrogen and oxygen atoms in total. The molecule has 17 heavy (non-hydrogen) atoms. The van der Waals surface area contributed by atoms with Gasteiger partial charge in [0.2, 0.25) is 0 Å². The van der Waals surface area contributed by atoms with Gasteiger partial charge in [-0.3, -0.25) is 0 Å². The van der Waals surface area contributed by atoms with Gasteiger partial charge >= 0.3 is 26.2 Å². The van der Waals surface area contributed by atoms with Crippen molar-refractivity contribution in [3.05, 3.63) is 54.8 Å². The van der Waals surface area contributed by atoms with E-state index in [0.29, 0.717) is 0 Å². The van der Waals surface area contributed by atoms with Crippen molar-refractivity contribution in [2.45, 2.75) is 0 Å². The molecule has 85 valence electrons. The van der Waals surface area contributed by atoms with E-state index >= 15 is 0 Å². The molecule has 0 N–H and O–H groups in total. The van der Waals surface area contributed by atoms with Crippen LogP contribution in [0.3, 0.4) is 0 Å². The minimum absolute atomic E-state index is 0. The molecule has 3 aromatic rings. The molecule has 0 unspecified atom stereocenters. The second kappa shape index (κ2) is 7.11. The molecule has 0 saturated carbocycles. The summed E-state index contributed by atoms with van der Waals surface area (Å²) in [5, 5.41) is 2.53. The fourth-order valence-electron chi connectivity index (χ4n) is 1.74. The minimum Gasteiger partial charge on any atom is -1.00 e. The zero-order chi connectivity index (χ0) is 9.38. The Morgan fingerprint density at radius 1 is 0.941 bits per heavy atom. The Morgan fingerprint density at radius 2 is 1.71 bits per heavy atom. The Hall–Kier alpha value is -0.427. The average Bonchev–Trinajstić information content (AvgIpc) is 2.86. The maximum Gasteiger partial charge on any atom is 3.00 e. The van der Waals surface area contributed by atoms with E-state index in [0.717, 1.165) is 11.3 Å². The Bertz CT molecular complexity index is 525. The van der Waals surface area contributed by atoms with Crippen molar-refractivity contribution in [1.29, 1.82) is 0 Å². The maximum absolute atomic E-state index is 5.35. The summed E-state index contributed by atoms with van der Waals surface area (Å²) < 4.78 is 5.35. The summed E-state index contributed by atoms with van der Waals surface area (Å²) in [7, 11) is 0. The van der Waals surface area contributed by atoms with E-state index in [1.165, 1.54) is 10.8 Å². The summed E-state index contributed by atoms with van der Waals surface area (Å²) in [5.41, 5.74) is 1.15. The van der Waals surface area contributed by atoms with Crippen LogP contribution < -0.4 is 24.8 Å². The number of rotatable bonds is 1. The summed E-state index contributed by atoms with van der Waals surface area (Å²) in [6.07, 6.45) is 1.70. The normalized spacial score (nSPS) is 8.94. The van der Waals surface area contributed by atoms with E-state index in [1.54, 1.807) is 6.26 Å². The molecule has 0 amide bonds. The van der Waals surface area contributed by atoms with Crippen molar-refractivity contribution in [3.63, 3.8) is 0 Å². The number of hydrogen-bond donors (Lipinski definition) is 0. The zero-order valence-electron chi connectivity index (χ0n) is 8.86. The van der Waals surface area contributed by atoms with E-state index in [9.17, 15) is 0 Å². The van der Waals surface area contributed by atoms with E-state index in [2.05, 4.69) is 24.3 Å². The average molecular weight is 343 g/mol. The summed E-state index contributed by atoms with van der Waals surface area (Å²) in [6.45, 7) is 0. The molecule has 0 atom stereocenters. The van der Waals surface area contributed by atoms with Crippen LogP contribution >= 0.6 is 0 Å². The smallest absolute Gasteiger partial charge is 1.00 e. The molecule has 0 fully saturated rings. The molecule has 1 aromatic heterocycles. The number of hydrogen-bond acceptors (Lipinski definition) is 1. The second-order valence-corrected chi connectivity index (χ2v) is 3.35. The number of benzene rings is 1. The quantitative estimate of drug-likeness (QED) is 0.458. The van der Waals surface area contributed by atoms with Gasteiger partial charge in [-0.25, -0.2) is 0 Å². The first-order chi connectivity index (χ1) is 6.93. The van der Waals surface area contributed by atoms with Crippen LogP contribution in [0.1, 0.15) is 0 Å². The minimum atomic E-state index is 0. The first kappa shape index (κ1) is 16.6. The Kier molecular flexibility index (Phi) is 6.93. The molecule has 0 bridgehead atoms. The summed E-state index contributed by atoms with van der Waals surface area (Å²) >= 11 is 0. The van der Waals surface area contributed by atoms with Crippen LogP contribution in [-0.4, -0.2) is 0 Å². The predicted octanol–water partition coefficient (Wildman–Crippen LogP) is -2.18. The maximum atomic E-state index is 5.35. The monoisotopic (exact) mass is 341 g/mol. The van der Waals surface area contributed by atoms with Gasteiger partial charge in [0.15, 0.2) is 0 Å². The van der Waals surface area contributed by atoms with Gasteiger partial charge in [0.1, 0.15) is 0 Å². The SMILES string of the molecule is [Cl-].[Cl-].[Zr+3].c1coc(-c2cc3ccccc3[cH-]2)c1. The number of fused-ring (bicyclic) bond motifs is 1. The fourth-order valence-corrected chi connectivity index (χ4v) is 1.74. The largest absolute Gasteiger partial charge is 3.00 e. The van der Waals surface area contributed by atoms with Gasteiger partial charge in [0.05, 0.1) is 12.0 Å². The third-order valence-electron chi connectivity index (χ3n) is 2.42. The summed E-state index contributed by atoms with van der Waals surface area (Å²) in [6, 6.07) is 16.5. The summed E-state index contributed by atoms with van der Waals surface area (Å²) in [5.74, 6) is 0.932. The van der Waals surface area contributed by atoms with Crippen LogP contribution in [0.5, 0.6) is 0 Å². The third kappa shape index (κ3) is 3.28.